The highest BCUT2D eigenvalue weighted by molar-refractivity contribution is 5.97. The summed E-state index contributed by atoms with van der Waals surface area (Å²) in [4.78, 5) is 32.7. The van der Waals surface area contributed by atoms with E-state index in [9.17, 15) is 9.59 Å². The van der Waals surface area contributed by atoms with E-state index >= 15 is 0 Å². The number of carbonyl (C=O) groups excluding carboxylic acids is 2. The van der Waals surface area contributed by atoms with Crippen LogP contribution in [-0.4, -0.2) is 40.7 Å². The number of benzene rings is 2. The van der Waals surface area contributed by atoms with Crippen LogP contribution >= 0.6 is 0 Å². The zero-order valence-corrected chi connectivity index (χ0v) is 31.4. The molecule has 1 atom stereocenters. The summed E-state index contributed by atoms with van der Waals surface area (Å²) < 4.78 is 0. The number of amides is 2. The molecule has 1 aliphatic rings. The van der Waals surface area contributed by atoms with Gasteiger partial charge in [0.15, 0.2) is 0 Å². The van der Waals surface area contributed by atoms with E-state index in [-0.39, 0.29) is 17.9 Å². The molecule has 2 aromatic rings. The molecule has 1 heterocycles. The minimum Gasteiger partial charge on any atom is -0.386 e. The number of nitrogens with zero attached hydrogens (tertiary/aromatic N) is 3. The molecule has 0 aromatic heterocycles. The summed E-state index contributed by atoms with van der Waals surface area (Å²) in [5, 5.41) is 3.70. The van der Waals surface area contributed by atoms with Crippen molar-refractivity contribution >= 4 is 29.7 Å². The first-order valence-corrected chi connectivity index (χ1v) is 18.7. The molecule has 0 bridgehead atoms. The van der Waals surface area contributed by atoms with Gasteiger partial charge < -0.3 is 20.0 Å². The van der Waals surface area contributed by atoms with E-state index in [0.29, 0.717) is 25.8 Å². The normalized spacial score (nSPS) is 13.2. The lowest BCUT2D eigenvalue weighted by Crippen LogP contribution is -2.33. The van der Waals surface area contributed by atoms with Gasteiger partial charge in [-0.05, 0) is 88.0 Å². The summed E-state index contributed by atoms with van der Waals surface area (Å²) in [6.45, 7) is 27.3. The Morgan fingerprint density at radius 3 is 1.98 bits per heavy atom. The standard InChI is InChI=1S/C44H62N4O2/c1-9-31-46(34(3)4)37(8)19-11-15-23-41(24-16-18-26-43(49)47(32-10-2)35(5)6)45-36(7)27-30-44(50)48-33-40-22-13-12-20-38(40)28-29-39-21-14-17-25-42(39)48/h12-14,17,20-22,25,28-29,41,45H,3,5,7-11,15-16,18-19,23-24,26-27,30-33H2,1-2,4,6H3/b29-28-. The van der Waals surface area contributed by atoms with Crippen molar-refractivity contribution in [3.05, 3.63) is 114 Å². The number of hydrogen-bond acceptors (Lipinski definition) is 4. The first-order chi connectivity index (χ1) is 24.0. The van der Waals surface area contributed by atoms with Crippen molar-refractivity contribution in [2.75, 3.05) is 18.0 Å². The molecule has 2 amide bonds. The molecule has 50 heavy (non-hydrogen) atoms. The quantitative estimate of drug-likeness (QED) is 0.126. The number of rotatable bonds is 22. The number of unbranched alkanes of at least 4 members (excludes halogenated alkanes) is 2. The van der Waals surface area contributed by atoms with Crippen LogP contribution in [0.25, 0.3) is 12.2 Å². The average Bonchev–Trinajstić information content (AvgIpc) is 3.09. The molecule has 0 saturated heterocycles. The maximum Gasteiger partial charge on any atom is 0.227 e. The smallest absolute Gasteiger partial charge is 0.227 e. The molecular weight excluding hydrogens is 617 g/mol. The van der Waals surface area contributed by atoms with Gasteiger partial charge in [0, 0.05) is 54.8 Å². The van der Waals surface area contributed by atoms with Crippen molar-refractivity contribution in [1.29, 1.82) is 0 Å². The lowest BCUT2D eigenvalue weighted by Gasteiger charge is -2.28. The summed E-state index contributed by atoms with van der Waals surface area (Å²) in [6, 6.07) is 16.6. The molecule has 0 radical (unpaired) electrons. The summed E-state index contributed by atoms with van der Waals surface area (Å²) in [5.74, 6) is 0.241. The predicted octanol–water partition coefficient (Wildman–Crippen LogP) is 10.6. The second-order valence-electron chi connectivity index (χ2n) is 13.7. The van der Waals surface area contributed by atoms with Gasteiger partial charge in [-0.25, -0.2) is 0 Å². The number of para-hydroxylation sites is 1. The van der Waals surface area contributed by atoms with Crippen molar-refractivity contribution < 1.29 is 9.59 Å². The van der Waals surface area contributed by atoms with E-state index in [0.717, 1.165) is 116 Å². The molecular formula is C44H62N4O2. The molecule has 2 aromatic carbocycles. The lowest BCUT2D eigenvalue weighted by molar-refractivity contribution is -0.129. The van der Waals surface area contributed by atoms with E-state index < -0.39 is 0 Å². The Morgan fingerprint density at radius 2 is 1.32 bits per heavy atom. The lowest BCUT2D eigenvalue weighted by atomic mass is 9.99. The highest BCUT2D eigenvalue weighted by Crippen LogP contribution is 2.30. The van der Waals surface area contributed by atoms with Crippen molar-refractivity contribution in [2.24, 2.45) is 0 Å². The Bertz CT molecular complexity index is 1460. The van der Waals surface area contributed by atoms with Gasteiger partial charge in [-0.2, -0.15) is 0 Å². The van der Waals surface area contributed by atoms with E-state index in [1.807, 2.05) is 54.0 Å². The van der Waals surface area contributed by atoms with Crippen LogP contribution in [0.2, 0.25) is 0 Å². The number of nitrogens with one attached hydrogen (secondary N) is 1. The Morgan fingerprint density at radius 1 is 0.740 bits per heavy atom. The highest BCUT2D eigenvalue weighted by atomic mass is 16.2. The largest absolute Gasteiger partial charge is 0.386 e. The van der Waals surface area contributed by atoms with E-state index in [2.05, 4.69) is 80.7 Å². The Labute approximate surface area is 303 Å². The van der Waals surface area contributed by atoms with Crippen LogP contribution in [0.15, 0.2) is 97.6 Å². The summed E-state index contributed by atoms with van der Waals surface area (Å²) in [7, 11) is 0. The monoisotopic (exact) mass is 678 g/mol. The van der Waals surface area contributed by atoms with Gasteiger partial charge >= 0.3 is 0 Å². The zero-order valence-electron chi connectivity index (χ0n) is 31.4. The van der Waals surface area contributed by atoms with E-state index in [1.165, 1.54) is 0 Å². The second-order valence-corrected chi connectivity index (χ2v) is 13.7. The van der Waals surface area contributed by atoms with Gasteiger partial charge in [-0.3, -0.25) is 9.59 Å². The maximum atomic E-state index is 13.8. The molecule has 0 saturated carbocycles. The SMILES string of the molecule is C=C(CCC(=O)N1Cc2ccccc2/C=C\c2ccccc21)NC(CCCCC(=C)N(CCC)C(=C)C)CCCCC(=O)N(CCC)C(=C)C. The Hall–Kier alpha value is -4.32. The van der Waals surface area contributed by atoms with Gasteiger partial charge in [0.25, 0.3) is 0 Å². The van der Waals surface area contributed by atoms with Crippen LogP contribution in [0.1, 0.15) is 121 Å². The molecule has 1 aliphatic heterocycles. The van der Waals surface area contributed by atoms with Gasteiger partial charge in [0.1, 0.15) is 0 Å². The van der Waals surface area contributed by atoms with Crippen LogP contribution in [0.3, 0.4) is 0 Å². The molecule has 1 unspecified atom stereocenters. The van der Waals surface area contributed by atoms with Crippen molar-refractivity contribution in [3.63, 3.8) is 0 Å². The topological polar surface area (TPSA) is 55.9 Å². The van der Waals surface area contributed by atoms with E-state index in [1.54, 1.807) is 0 Å². The molecule has 6 heteroatoms. The molecule has 270 valence electrons. The molecule has 1 N–H and O–H groups in total. The van der Waals surface area contributed by atoms with Gasteiger partial charge in [-0.1, -0.05) is 108 Å². The van der Waals surface area contributed by atoms with Crippen LogP contribution in [0.5, 0.6) is 0 Å². The zero-order chi connectivity index (χ0) is 36.5. The molecule has 0 fully saturated rings. The average molecular weight is 679 g/mol. The van der Waals surface area contributed by atoms with Crippen LogP contribution < -0.4 is 10.2 Å². The fourth-order valence-corrected chi connectivity index (χ4v) is 6.67. The number of anilines is 1. The van der Waals surface area contributed by atoms with Crippen molar-refractivity contribution in [3.8, 4) is 0 Å². The highest BCUT2D eigenvalue weighted by Gasteiger charge is 2.22. The van der Waals surface area contributed by atoms with Gasteiger partial charge in [0.05, 0.1) is 12.2 Å². The third-order valence-corrected chi connectivity index (χ3v) is 9.36. The molecule has 3 rings (SSSR count). The van der Waals surface area contributed by atoms with E-state index in [4.69, 9.17) is 0 Å². The number of carbonyl (C=O) groups is 2. The summed E-state index contributed by atoms with van der Waals surface area (Å²) >= 11 is 0. The minimum absolute atomic E-state index is 0.0855. The Balaban J connectivity index is 1.61. The van der Waals surface area contributed by atoms with Crippen LogP contribution in [-0.2, 0) is 16.1 Å². The van der Waals surface area contributed by atoms with Crippen LogP contribution in [0.4, 0.5) is 5.69 Å². The van der Waals surface area contributed by atoms with Crippen molar-refractivity contribution in [1.82, 2.24) is 15.1 Å². The number of allylic oxidation sites excluding steroid dienone is 4. The fraction of sp³-hybridized carbons (Fsp3) is 0.455. The minimum atomic E-state index is 0.0855. The van der Waals surface area contributed by atoms with Gasteiger partial charge in [0.2, 0.25) is 11.8 Å². The maximum absolute atomic E-state index is 13.8. The van der Waals surface area contributed by atoms with Crippen molar-refractivity contribution in [2.45, 2.75) is 117 Å². The number of fused-ring (bicyclic) bond motifs is 2. The predicted molar refractivity (Wildman–Crippen MR) is 213 cm³/mol. The fourth-order valence-electron chi connectivity index (χ4n) is 6.67. The number of hydrogen-bond donors (Lipinski definition) is 1. The second kappa shape index (κ2) is 21.0. The third-order valence-electron chi connectivity index (χ3n) is 9.36. The summed E-state index contributed by atoms with van der Waals surface area (Å²) in [5.41, 5.74) is 8.11. The molecule has 0 aliphatic carbocycles. The first kappa shape index (κ1) is 40.1. The third kappa shape index (κ3) is 12.5. The molecule has 6 nitrogen and oxygen atoms in total. The first-order valence-electron chi connectivity index (χ1n) is 18.7. The Kier molecular flexibility index (Phi) is 16.9. The molecule has 0 spiro atoms. The summed E-state index contributed by atoms with van der Waals surface area (Å²) in [6.07, 6.45) is 14.4. The van der Waals surface area contributed by atoms with Gasteiger partial charge in [-0.15, -0.1) is 0 Å². The van der Waals surface area contributed by atoms with Crippen LogP contribution in [0, 0.1) is 0 Å².